The minimum atomic E-state index is -0.0930. The molecule has 0 radical (unpaired) electrons. The van der Waals surface area contributed by atoms with E-state index in [2.05, 4.69) is 25.3 Å². The average Bonchev–Trinajstić information content (AvgIpc) is 3.16. The van der Waals surface area contributed by atoms with E-state index < -0.39 is 0 Å². The van der Waals surface area contributed by atoms with E-state index in [0.29, 0.717) is 29.8 Å². The van der Waals surface area contributed by atoms with E-state index in [-0.39, 0.29) is 5.91 Å². The first-order chi connectivity index (χ1) is 13.3. The van der Waals surface area contributed by atoms with E-state index in [4.69, 9.17) is 21.0 Å². The van der Waals surface area contributed by atoms with Crippen LogP contribution in [0, 0.1) is 19.8 Å². The lowest BCUT2D eigenvalue weighted by Crippen LogP contribution is -2.33. The smallest absolute Gasteiger partial charge is 0.289 e. The number of fused-ring (bicyclic) bond motifs is 1. The summed E-state index contributed by atoms with van der Waals surface area (Å²) in [4.78, 5) is 19.8. The molecule has 1 aromatic carbocycles. The van der Waals surface area contributed by atoms with Crippen molar-refractivity contribution >= 4 is 28.5 Å². The van der Waals surface area contributed by atoms with E-state index in [9.17, 15) is 4.79 Å². The van der Waals surface area contributed by atoms with Crippen LogP contribution in [0.25, 0.3) is 11.0 Å². The van der Waals surface area contributed by atoms with Crippen molar-refractivity contribution in [2.45, 2.75) is 54.1 Å². The number of hydrogen-bond donors (Lipinski definition) is 0. The lowest BCUT2D eigenvalue weighted by molar-refractivity contribution is 0.0696. The van der Waals surface area contributed by atoms with Crippen LogP contribution in [0.15, 0.2) is 28.7 Å². The van der Waals surface area contributed by atoms with E-state index in [1.807, 2.05) is 43.0 Å². The topological polar surface area (TPSA) is 51.3 Å². The Morgan fingerprint density at radius 3 is 2.64 bits per heavy atom. The van der Waals surface area contributed by atoms with Gasteiger partial charge in [-0.3, -0.25) is 4.79 Å². The van der Waals surface area contributed by atoms with Crippen molar-refractivity contribution in [1.29, 1.82) is 0 Å². The molecule has 28 heavy (non-hydrogen) atoms. The molecule has 150 valence electrons. The van der Waals surface area contributed by atoms with Gasteiger partial charge in [-0.05, 0) is 62.9 Å². The second kappa shape index (κ2) is 8.39. The molecule has 3 aromatic rings. The second-order valence-electron chi connectivity index (χ2n) is 7.66. The number of nitrogens with zero attached hydrogens (tertiary/aromatic N) is 3. The van der Waals surface area contributed by atoms with Crippen LogP contribution in [-0.2, 0) is 13.1 Å². The van der Waals surface area contributed by atoms with Gasteiger partial charge in [-0.2, -0.15) is 0 Å². The second-order valence-corrected chi connectivity index (χ2v) is 8.10. The molecule has 3 rings (SSSR count). The van der Waals surface area contributed by atoms with Crippen LogP contribution in [0.5, 0.6) is 0 Å². The summed E-state index contributed by atoms with van der Waals surface area (Å²) in [6.45, 7) is 12.1. The SMILES string of the molecule is CCn1c(CN(CCC(C)C)C(=O)c2cc(C)c(C)o2)nc2ccc(Cl)cc21. The Morgan fingerprint density at radius 1 is 1.29 bits per heavy atom. The zero-order valence-electron chi connectivity index (χ0n) is 17.3. The number of amides is 1. The third-order valence-corrected chi connectivity index (χ3v) is 5.31. The minimum Gasteiger partial charge on any atom is -0.456 e. The number of aromatic nitrogens is 2. The van der Waals surface area contributed by atoms with Crippen molar-refractivity contribution in [2.75, 3.05) is 6.54 Å². The van der Waals surface area contributed by atoms with Gasteiger partial charge in [0.25, 0.3) is 5.91 Å². The van der Waals surface area contributed by atoms with Gasteiger partial charge in [0.05, 0.1) is 17.6 Å². The van der Waals surface area contributed by atoms with Crippen LogP contribution in [0.1, 0.15) is 54.9 Å². The summed E-state index contributed by atoms with van der Waals surface area (Å²) in [6.07, 6.45) is 0.919. The highest BCUT2D eigenvalue weighted by Gasteiger charge is 2.23. The molecule has 0 atom stereocenters. The van der Waals surface area contributed by atoms with Crippen LogP contribution in [0.2, 0.25) is 5.02 Å². The number of halogens is 1. The fourth-order valence-electron chi connectivity index (χ4n) is 3.29. The summed E-state index contributed by atoms with van der Waals surface area (Å²) in [6, 6.07) is 7.52. The van der Waals surface area contributed by atoms with E-state index in [1.165, 1.54) is 0 Å². The lowest BCUT2D eigenvalue weighted by Gasteiger charge is -2.23. The molecule has 0 aliphatic heterocycles. The van der Waals surface area contributed by atoms with E-state index in [1.54, 1.807) is 0 Å². The number of rotatable bonds is 7. The molecular formula is C22H28ClN3O2. The van der Waals surface area contributed by atoms with Crippen molar-refractivity contribution in [2.24, 2.45) is 5.92 Å². The first-order valence-electron chi connectivity index (χ1n) is 9.81. The third-order valence-electron chi connectivity index (χ3n) is 5.08. The van der Waals surface area contributed by atoms with Crippen molar-refractivity contribution in [1.82, 2.24) is 14.5 Å². The predicted octanol–water partition coefficient (Wildman–Crippen LogP) is 5.61. The number of hydrogen-bond acceptors (Lipinski definition) is 3. The maximum Gasteiger partial charge on any atom is 0.289 e. The lowest BCUT2D eigenvalue weighted by atomic mass is 10.1. The molecule has 0 unspecified atom stereocenters. The van der Waals surface area contributed by atoms with E-state index >= 15 is 0 Å². The Labute approximate surface area is 171 Å². The maximum absolute atomic E-state index is 13.2. The Morgan fingerprint density at radius 2 is 2.04 bits per heavy atom. The fraction of sp³-hybridized carbons (Fsp3) is 0.455. The monoisotopic (exact) mass is 401 g/mol. The first kappa shape index (κ1) is 20.5. The number of aryl methyl sites for hydroxylation is 3. The molecule has 0 bridgehead atoms. The standard InChI is InChI=1S/C22H28ClN3O2/c1-6-26-19-12-17(23)7-8-18(19)24-21(26)13-25(10-9-14(2)3)22(27)20-11-15(4)16(5)28-20/h7-8,11-12,14H,6,9-10,13H2,1-5H3. The van der Waals surface area contributed by atoms with Gasteiger partial charge in [-0.1, -0.05) is 25.4 Å². The molecule has 0 aliphatic rings. The normalized spacial score (nSPS) is 11.5. The van der Waals surface area contributed by atoms with Gasteiger partial charge in [0.15, 0.2) is 5.76 Å². The number of imidazole rings is 1. The van der Waals surface area contributed by atoms with Crippen molar-refractivity contribution in [3.05, 3.63) is 52.2 Å². The molecule has 1 amide bonds. The predicted molar refractivity (Wildman–Crippen MR) is 113 cm³/mol. The maximum atomic E-state index is 13.2. The Kier molecular flexibility index (Phi) is 6.14. The van der Waals surface area contributed by atoms with Crippen molar-refractivity contribution in [3.63, 3.8) is 0 Å². The molecule has 2 heterocycles. The van der Waals surface area contributed by atoms with Crippen LogP contribution < -0.4 is 0 Å². The van der Waals surface area contributed by atoms with Gasteiger partial charge in [0, 0.05) is 18.1 Å². The van der Waals surface area contributed by atoms with Crippen molar-refractivity contribution < 1.29 is 9.21 Å². The van der Waals surface area contributed by atoms with Gasteiger partial charge < -0.3 is 13.9 Å². The zero-order chi connectivity index (χ0) is 20.4. The molecule has 0 saturated carbocycles. The van der Waals surface area contributed by atoms with Crippen LogP contribution >= 0.6 is 11.6 Å². The quantitative estimate of drug-likeness (QED) is 0.517. The zero-order valence-corrected chi connectivity index (χ0v) is 18.0. The fourth-order valence-corrected chi connectivity index (χ4v) is 3.46. The molecule has 0 N–H and O–H groups in total. The van der Waals surface area contributed by atoms with Gasteiger partial charge in [0.1, 0.15) is 11.6 Å². The van der Waals surface area contributed by atoms with Gasteiger partial charge in [-0.15, -0.1) is 0 Å². The summed E-state index contributed by atoms with van der Waals surface area (Å²) in [5.74, 6) is 2.43. The van der Waals surface area contributed by atoms with Crippen LogP contribution in [0.4, 0.5) is 0 Å². The number of benzene rings is 1. The average molecular weight is 402 g/mol. The van der Waals surface area contributed by atoms with E-state index in [0.717, 1.165) is 41.1 Å². The number of furan rings is 1. The molecule has 0 aliphatic carbocycles. The highest BCUT2D eigenvalue weighted by molar-refractivity contribution is 6.31. The summed E-state index contributed by atoms with van der Waals surface area (Å²) < 4.78 is 7.82. The van der Waals surface area contributed by atoms with Gasteiger partial charge in [-0.25, -0.2) is 4.98 Å². The summed E-state index contributed by atoms with van der Waals surface area (Å²) in [5.41, 5.74) is 2.87. The molecule has 5 nitrogen and oxygen atoms in total. The molecule has 2 aromatic heterocycles. The van der Waals surface area contributed by atoms with Crippen molar-refractivity contribution in [3.8, 4) is 0 Å². The van der Waals surface area contributed by atoms with Gasteiger partial charge in [0.2, 0.25) is 0 Å². The van der Waals surface area contributed by atoms with Crippen LogP contribution in [-0.4, -0.2) is 26.9 Å². The number of carbonyl (C=O) groups excluding carboxylic acids is 1. The minimum absolute atomic E-state index is 0.0930. The Hall–Kier alpha value is -2.27. The number of carbonyl (C=O) groups is 1. The van der Waals surface area contributed by atoms with Gasteiger partial charge >= 0.3 is 0 Å². The first-order valence-corrected chi connectivity index (χ1v) is 10.2. The Bertz CT molecular complexity index is 968. The summed E-state index contributed by atoms with van der Waals surface area (Å²) >= 11 is 6.18. The molecular weight excluding hydrogens is 374 g/mol. The van der Waals surface area contributed by atoms with Crippen LogP contribution in [0.3, 0.4) is 0 Å². The third kappa shape index (κ3) is 4.25. The molecule has 0 saturated heterocycles. The Balaban J connectivity index is 1.95. The molecule has 0 fully saturated rings. The summed E-state index contributed by atoms with van der Waals surface area (Å²) in [5, 5.41) is 0.683. The largest absolute Gasteiger partial charge is 0.456 e. The highest BCUT2D eigenvalue weighted by Crippen LogP contribution is 2.23. The highest BCUT2D eigenvalue weighted by atomic mass is 35.5. The summed E-state index contributed by atoms with van der Waals surface area (Å²) in [7, 11) is 0. The molecule has 6 heteroatoms. The molecule has 0 spiro atoms.